The fraction of sp³-hybridized carbons (Fsp3) is 0.188. The van der Waals surface area contributed by atoms with Crippen molar-refractivity contribution in [2.75, 3.05) is 12.4 Å². The van der Waals surface area contributed by atoms with Gasteiger partial charge in [-0.2, -0.15) is 4.98 Å². The van der Waals surface area contributed by atoms with Crippen molar-refractivity contribution in [1.82, 2.24) is 4.98 Å². The van der Waals surface area contributed by atoms with E-state index in [1.807, 2.05) is 36.4 Å². The highest BCUT2D eigenvalue weighted by molar-refractivity contribution is 5.77. The average molecular weight is 268 g/mol. The summed E-state index contributed by atoms with van der Waals surface area (Å²) in [4.78, 5) is 4.43. The Kier molecular flexibility index (Phi) is 3.29. The third kappa shape index (κ3) is 2.32. The SMILES string of the molecule is CCc1ccccc1Nc1nc2cc(OC)ccc2o1. The van der Waals surface area contributed by atoms with Gasteiger partial charge in [0.05, 0.1) is 7.11 Å². The molecule has 0 spiro atoms. The van der Waals surface area contributed by atoms with Gasteiger partial charge >= 0.3 is 0 Å². The van der Waals surface area contributed by atoms with Crippen molar-refractivity contribution in [2.24, 2.45) is 0 Å². The minimum atomic E-state index is 0.495. The van der Waals surface area contributed by atoms with Crippen LogP contribution >= 0.6 is 0 Å². The summed E-state index contributed by atoms with van der Waals surface area (Å²) in [6.07, 6.45) is 0.956. The van der Waals surface area contributed by atoms with Crippen molar-refractivity contribution >= 4 is 22.8 Å². The van der Waals surface area contributed by atoms with Gasteiger partial charge in [-0.3, -0.25) is 0 Å². The number of ether oxygens (including phenoxy) is 1. The maximum atomic E-state index is 5.69. The molecule has 1 N–H and O–H groups in total. The highest BCUT2D eigenvalue weighted by Crippen LogP contribution is 2.26. The largest absolute Gasteiger partial charge is 0.497 e. The molecule has 0 amide bonds. The lowest BCUT2D eigenvalue weighted by atomic mass is 10.1. The van der Waals surface area contributed by atoms with E-state index in [1.54, 1.807) is 7.11 Å². The van der Waals surface area contributed by atoms with Crippen LogP contribution in [0.5, 0.6) is 5.75 Å². The maximum Gasteiger partial charge on any atom is 0.300 e. The number of fused-ring (bicyclic) bond motifs is 1. The molecule has 0 bridgehead atoms. The molecule has 0 radical (unpaired) electrons. The Morgan fingerprint density at radius 2 is 2.05 bits per heavy atom. The number of anilines is 2. The minimum Gasteiger partial charge on any atom is -0.497 e. The average Bonchev–Trinajstić information content (AvgIpc) is 2.89. The Labute approximate surface area is 117 Å². The Bertz CT molecular complexity index is 734. The van der Waals surface area contributed by atoms with E-state index in [9.17, 15) is 0 Å². The van der Waals surface area contributed by atoms with Crippen molar-refractivity contribution in [2.45, 2.75) is 13.3 Å². The number of nitrogens with one attached hydrogen (secondary N) is 1. The van der Waals surface area contributed by atoms with Crippen molar-refractivity contribution in [1.29, 1.82) is 0 Å². The van der Waals surface area contributed by atoms with Gasteiger partial charge in [0.2, 0.25) is 0 Å². The molecule has 4 nitrogen and oxygen atoms in total. The molecule has 0 aliphatic rings. The van der Waals surface area contributed by atoms with Gasteiger partial charge in [-0.15, -0.1) is 0 Å². The van der Waals surface area contributed by atoms with E-state index >= 15 is 0 Å². The van der Waals surface area contributed by atoms with Crippen LogP contribution in [0.25, 0.3) is 11.1 Å². The van der Waals surface area contributed by atoms with Gasteiger partial charge in [0.25, 0.3) is 6.01 Å². The van der Waals surface area contributed by atoms with Crippen LogP contribution in [0.4, 0.5) is 11.7 Å². The number of rotatable bonds is 4. The molecule has 0 aliphatic carbocycles. The third-order valence-corrected chi connectivity index (χ3v) is 3.23. The fourth-order valence-electron chi connectivity index (χ4n) is 2.15. The summed E-state index contributed by atoms with van der Waals surface area (Å²) in [5, 5.41) is 3.23. The second-order valence-corrected chi connectivity index (χ2v) is 4.49. The molecular weight excluding hydrogens is 252 g/mol. The zero-order chi connectivity index (χ0) is 13.9. The number of nitrogens with zero attached hydrogens (tertiary/aromatic N) is 1. The predicted octanol–water partition coefficient (Wildman–Crippen LogP) is 4.14. The van der Waals surface area contributed by atoms with Gasteiger partial charge in [-0.25, -0.2) is 0 Å². The predicted molar refractivity (Wildman–Crippen MR) is 79.7 cm³/mol. The summed E-state index contributed by atoms with van der Waals surface area (Å²) in [5.41, 5.74) is 3.77. The molecule has 0 saturated carbocycles. The summed E-state index contributed by atoms with van der Waals surface area (Å²) in [7, 11) is 1.64. The number of hydrogen-bond donors (Lipinski definition) is 1. The van der Waals surface area contributed by atoms with Gasteiger partial charge < -0.3 is 14.5 Å². The number of oxazole rings is 1. The fourth-order valence-corrected chi connectivity index (χ4v) is 2.15. The molecule has 3 rings (SSSR count). The van der Waals surface area contributed by atoms with E-state index in [-0.39, 0.29) is 0 Å². The lowest BCUT2D eigenvalue weighted by Gasteiger charge is -2.06. The number of para-hydroxylation sites is 1. The Morgan fingerprint density at radius 1 is 1.20 bits per heavy atom. The Hall–Kier alpha value is -2.49. The normalized spacial score (nSPS) is 10.7. The number of aryl methyl sites for hydroxylation is 1. The third-order valence-electron chi connectivity index (χ3n) is 3.23. The van der Waals surface area contributed by atoms with Crippen LogP contribution in [0.1, 0.15) is 12.5 Å². The highest BCUT2D eigenvalue weighted by Gasteiger charge is 2.08. The lowest BCUT2D eigenvalue weighted by molar-refractivity contribution is 0.415. The summed E-state index contributed by atoms with van der Waals surface area (Å²) in [5.74, 6) is 0.770. The van der Waals surface area contributed by atoms with Crippen LogP contribution in [-0.4, -0.2) is 12.1 Å². The second kappa shape index (κ2) is 5.25. The molecule has 0 aliphatic heterocycles. The van der Waals surface area contributed by atoms with Crippen LogP contribution < -0.4 is 10.1 Å². The van der Waals surface area contributed by atoms with E-state index in [1.165, 1.54) is 5.56 Å². The Morgan fingerprint density at radius 3 is 2.85 bits per heavy atom. The molecule has 3 aromatic rings. The highest BCUT2D eigenvalue weighted by atomic mass is 16.5. The molecule has 4 heteroatoms. The standard InChI is InChI=1S/C16H16N2O2/c1-3-11-6-4-5-7-13(11)17-16-18-14-10-12(19-2)8-9-15(14)20-16/h4-10H,3H2,1-2H3,(H,17,18). The van der Waals surface area contributed by atoms with Crippen molar-refractivity contribution in [3.63, 3.8) is 0 Å². The first-order valence-corrected chi connectivity index (χ1v) is 6.59. The molecule has 1 aromatic heterocycles. The zero-order valence-corrected chi connectivity index (χ0v) is 11.5. The molecule has 0 unspecified atom stereocenters. The molecule has 102 valence electrons. The summed E-state index contributed by atoms with van der Waals surface area (Å²) in [6, 6.07) is 14.2. The topological polar surface area (TPSA) is 47.3 Å². The van der Waals surface area contributed by atoms with E-state index in [4.69, 9.17) is 9.15 Å². The summed E-state index contributed by atoms with van der Waals surface area (Å²) >= 11 is 0. The van der Waals surface area contributed by atoms with Crippen LogP contribution in [0.3, 0.4) is 0 Å². The molecule has 0 atom stereocenters. The lowest BCUT2D eigenvalue weighted by Crippen LogP contribution is -1.94. The van der Waals surface area contributed by atoms with Crippen molar-refractivity contribution in [3.05, 3.63) is 48.0 Å². The van der Waals surface area contributed by atoms with Crippen LogP contribution in [0.15, 0.2) is 46.9 Å². The first kappa shape index (κ1) is 12.5. The summed E-state index contributed by atoms with van der Waals surface area (Å²) < 4.78 is 10.9. The van der Waals surface area contributed by atoms with Crippen LogP contribution in [0, 0.1) is 0 Å². The van der Waals surface area contributed by atoms with Crippen molar-refractivity contribution < 1.29 is 9.15 Å². The molecule has 2 aromatic carbocycles. The van der Waals surface area contributed by atoms with E-state index in [2.05, 4.69) is 23.3 Å². The van der Waals surface area contributed by atoms with Gasteiger partial charge in [0, 0.05) is 11.8 Å². The first-order valence-electron chi connectivity index (χ1n) is 6.59. The smallest absolute Gasteiger partial charge is 0.300 e. The van der Waals surface area contributed by atoms with E-state index in [0.717, 1.165) is 29.0 Å². The number of hydrogen-bond acceptors (Lipinski definition) is 4. The molecule has 0 saturated heterocycles. The minimum absolute atomic E-state index is 0.495. The van der Waals surface area contributed by atoms with Gasteiger partial charge in [-0.05, 0) is 30.2 Å². The van der Waals surface area contributed by atoms with Gasteiger partial charge in [0.1, 0.15) is 11.3 Å². The van der Waals surface area contributed by atoms with Gasteiger partial charge in [-0.1, -0.05) is 25.1 Å². The molecule has 20 heavy (non-hydrogen) atoms. The maximum absolute atomic E-state index is 5.69. The quantitative estimate of drug-likeness (QED) is 0.772. The first-order chi connectivity index (χ1) is 9.80. The number of aromatic nitrogens is 1. The Balaban J connectivity index is 1.94. The molecular formula is C16H16N2O2. The zero-order valence-electron chi connectivity index (χ0n) is 11.5. The molecule has 0 fully saturated rings. The summed E-state index contributed by atoms with van der Waals surface area (Å²) in [6.45, 7) is 2.12. The van der Waals surface area contributed by atoms with E-state index < -0.39 is 0 Å². The molecule has 1 heterocycles. The second-order valence-electron chi connectivity index (χ2n) is 4.49. The van der Waals surface area contributed by atoms with Crippen LogP contribution in [0.2, 0.25) is 0 Å². The van der Waals surface area contributed by atoms with Crippen LogP contribution in [-0.2, 0) is 6.42 Å². The van der Waals surface area contributed by atoms with Gasteiger partial charge in [0.15, 0.2) is 5.58 Å². The van der Waals surface area contributed by atoms with E-state index in [0.29, 0.717) is 6.01 Å². The van der Waals surface area contributed by atoms with Crippen molar-refractivity contribution in [3.8, 4) is 5.75 Å². The monoisotopic (exact) mass is 268 g/mol. The number of methoxy groups -OCH3 is 1. The number of benzene rings is 2.